The Hall–Kier alpha value is -2.83. The number of rotatable bonds is 10. The molecule has 0 atom stereocenters. The minimum atomic E-state index is -5.02. The summed E-state index contributed by atoms with van der Waals surface area (Å²) >= 11 is 5.90. The predicted molar refractivity (Wildman–Crippen MR) is 123 cm³/mol. The van der Waals surface area contributed by atoms with E-state index in [1.54, 1.807) is 25.1 Å². The molecule has 2 rings (SSSR count). The largest absolute Gasteiger partial charge is 0.463 e. The summed E-state index contributed by atoms with van der Waals surface area (Å²) in [6.07, 6.45) is -3.97. The molecule has 2 aromatic rings. The Bertz CT molecular complexity index is 1190. The van der Waals surface area contributed by atoms with E-state index in [0.717, 1.165) is 6.26 Å². The Labute approximate surface area is 200 Å². The van der Waals surface area contributed by atoms with Crippen LogP contribution in [0.25, 0.3) is 17.0 Å². The number of ether oxygens (including phenoxy) is 1. The molecule has 1 aromatic carbocycles. The number of alkyl halides is 3. The van der Waals surface area contributed by atoms with E-state index in [-0.39, 0.29) is 22.9 Å². The number of sulfone groups is 1. The number of esters is 1. The second-order valence-corrected chi connectivity index (χ2v) is 9.92. The highest BCUT2D eigenvalue weighted by molar-refractivity contribution is 7.90. The highest BCUT2D eigenvalue weighted by atomic mass is 35.5. The van der Waals surface area contributed by atoms with Crippen molar-refractivity contribution in [1.82, 2.24) is 15.2 Å². The molecule has 0 amide bonds. The molecule has 13 heteroatoms. The standard InChI is InChI=1S/C21H24ClF3N4O4S/c1-29(2)9-10-33-17(30)12-27-19(18(22)20(26)21(23,24)25)16-8-7-15(28-16)13-5-4-6-14(11-13)34(3,31)32/h4-8,11,26-28H,9-10,12H2,1-3H3/b19-18+,26-20?. The maximum absolute atomic E-state index is 13.1. The van der Waals surface area contributed by atoms with Crippen LogP contribution in [-0.4, -0.2) is 76.2 Å². The smallest absolute Gasteiger partial charge is 0.434 e. The molecule has 0 fully saturated rings. The van der Waals surface area contributed by atoms with E-state index in [1.165, 1.54) is 30.3 Å². The number of benzene rings is 1. The number of likely N-dealkylation sites (N-methyl/N-ethyl adjacent to an activating group) is 1. The number of carbonyl (C=O) groups is 1. The normalized spacial score (nSPS) is 12.9. The van der Waals surface area contributed by atoms with Gasteiger partial charge in [-0.25, -0.2) is 8.42 Å². The number of hydrogen-bond donors (Lipinski definition) is 3. The monoisotopic (exact) mass is 520 g/mol. The number of aromatic amines is 1. The lowest BCUT2D eigenvalue weighted by atomic mass is 10.2. The van der Waals surface area contributed by atoms with Gasteiger partial charge in [0.1, 0.15) is 13.2 Å². The first-order valence-electron chi connectivity index (χ1n) is 9.80. The van der Waals surface area contributed by atoms with Crippen molar-refractivity contribution in [3.8, 4) is 11.3 Å². The quantitative estimate of drug-likeness (QED) is 0.327. The molecule has 0 aliphatic carbocycles. The third-order valence-corrected chi connectivity index (χ3v) is 5.95. The van der Waals surface area contributed by atoms with Gasteiger partial charge in [-0.1, -0.05) is 23.7 Å². The van der Waals surface area contributed by atoms with Crippen molar-refractivity contribution in [2.24, 2.45) is 0 Å². The van der Waals surface area contributed by atoms with Crippen molar-refractivity contribution < 1.29 is 31.1 Å². The zero-order valence-electron chi connectivity index (χ0n) is 18.6. The maximum Gasteiger partial charge on any atom is 0.434 e. The molecule has 1 heterocycles. The topological polar surface area (TPSA) is 115 Å². The van der Waals surface area contributed by atoms with Crippen molar-refractivity contribution in [1.29, 1.82) is 5.41 Å². The molecule has 0 bridgehead atoms. The van der Waals surface area contributed by atoms with Gasteiger partial charge in [0.2, 0.25) is 0 Å². The van der Waals surface area contributed by atoms with Crippen molar-refractivity contribution in [2.75, 3.05) is 40.0 Å². The molecule has 0 aliphatic heterocycles. The van der Waals surface area contributed by atoms with E-state index < -0.39 is 39.3 Å². The van der Waals surface area contributed by atoms with Gasteiger partial charge in [-0.15, -0.1) is 0 Å². The fourth-order valence-corrected chi connectivity index (χ4v) is 3.64. The average Bonchev–Trinajstić information content (AvgIpc) is 3.21. The number of halogens is 4. The first kappa shape index (κ1) is 27.4. The molecule has 8 nitrogen and oxygen atoms in total. The molecular weight excluding hydrogens is 497 g/mol. The zero-order valence-corrected chi connectivity index (χ0v) is 20.2. The van der Waals surface area contributed by atoms with Crippen LogP contribution in [-0.2, 0) is 19.4 Å². The van der Waals surface area contributed by atoms with Crippen LogP contribution in [0.1, 0.15) is 5.69 Å². The SMILES string of the molecule is CN(C)CCOC(=O)CN/C(=C(/Cl)C(=N)C(F)(F)F)c1ccc(-c2cccc(S(C)(=O)=O)c2)[nH]1. The third kappa shape index (κ3) is 7.61. The van der Waals surface area contributed by atoms with Crippen LogP contribution < -0.4 is 5.32 Å². The molecule has 0 saturated carbocycles. The molecule has 34 heavy (non-hydrogen) atoms. The first-order chi connectivity index (χ1) is 15.7. The second kappa shape index (κ2) is 11.1. The third-order valence-electron chi connectivity index (χ3n) is 4.46. The fourth-order valence-electron chi connectivity index (χ4n) is 2.70. The van der Waals surface area contributed by atoms with Gasteiger partial charge in [0, 0.05) is 18.5 Å². The predicted octanol–water partition coefficient (Wildman–Crippen LogP) is 3.27. The summed E-state index contributed by atoms with van der Waals surface area (Å²) in [6.45, 7) is 0.0461. The summed E-state index contributed by atoms with van der Waals surface area (Å²) in [6, 6.07) is 8.87. The van der Waals surface area contributed by atoms with E-state index >= 15 is 0 Å². The van der Waals surface area contributed by atoms with Crippen molar-refractivity contribution in [3.63, 3.8) is 0 Å². The molecule has 0 radical (unpaired) electrons. The van der Waals surface area contributed by atoms with Gasteiger partial charge in [-0.2, -0.15) is 13.2 Å². The van der Waals surface area contributed by atoms with Gasteiger partial charge >= 0.3 is 12.1 Å². The lowest BCUT2D eigenvalue weighted by Gasteiger charge is -2.15. The second-order valence-electron chi connectivity index (χ2n) is 7.52. The van der Waals surface area contributed by atoms with E-state index in [0.29, 0.717) is 17.8 Å². The number of carbonyl (C=O) groups excluding carboxylic acids is 1. The number of nitrogens with one attached hydrogen (secondary N) is 3. The summed E-state index contributed by atoms with van der Waals surface area (Å²) < 4.78 is 68.0. The molecule has 0 saturated heterocycles. The van der Waals surface area contributed by atoms with Crippen molar-refractivity contribution in [2.45, 2.75) is 11.1 Å². The maximum atomic E-state index is 13.1. The van der Waals surface area contributed by atoms with Gasteiger partial charge in [0.15, 0.2) is 15.5 Å². The number of H-pyrrole nitrogens is 1. The van der Waals surface area contributed by atoms with E-state index in [9.17, 15) is 26.4 Å². The minimum absolute atomic E-state index is 0.0554. The molecule has 0 spiro atoms. The highest BCUT2D eigenvalue weighted by Crippen LogP contribution is 2.30. The van der Waals surface area contributed by atoms with E-state index in [4.69, 9.17) is 21.7 Å². The molecule has 186 valence electrons. The Balaban J connectivity index is 2.37. The highest BCUT2D eigenvalue weighted by Gasteiger charge is 2.38. The Morgan fingerprint density at radius 2 is 1.91 bits per heavy atom. The van der Waals surface area contributed by atoms with Crippen LogP contribution in [0.3, 0.4) is 0 Å². The number of hydrogen-bond acceptors (Lipinski definition) is 7. The molecule has 3 N–H and O–H groups in total. The lowest BCUT2D eigenvalue weighted by molar-refractivity contribution is -0.142. The minimum Gasteiger partial charge on any atom is -0.463 e. The van der Waals surface area contributed by atoms with Crippen LogP contribution in [0.4, 0.5) is 13.2 Å². The van der Waals surface area contributed by atoms with Crippen LogP contribution in [0.5, 0.6) is 0 Å². The van der Waals surface area contributed by atoms with Gasteiger partial charge in [0.25, 0.3) is 0 Å². The average molecular weight is 521 g/mol. The Morgan fingerprint density at radius 1 is 1.24 bits per heavy atom. The van der Waals surface area contributed by atoms with E-state index in [1.807, 2.05) is 0 Å². The number of nitrogens with zero attached hydrogens (tertiary/aromatic N) is 1. The summed E-state index contributed by atoms with van der Waals surface area (Å²) in [5.74, 6) is -0.727. The summed E-state index contributed by atoms with van der Waals surface area (Å²) in [5, 5.41) is 8.95. The van der Waals surface area contributed by atoms with Crippen LogP contribution in [0, 0.1) is 5.41 Å². The number of aromatic nitrogens is 1. The zero-order chi connectivity index (χ0) is 25.7. The summed E-state index contributed by atoms with van der Waals surface area (Å²) in [4.78, 5) is 16.7. The van der Waals surface area contributed by atoms with Gasteiger partial charge in [-0.3, -0.25) is 10.2 Å². The molecular formula is C21H24ClF3N4O4S. The summed E-state index contributed by atoms with van der Waals surface area (Å²) in [7, 11) is 0.0838. The van der Waals surface area contributed by atoms with Gasteiger partial charge < -0.3 is 19.9 Å². The number of allylic oxidation sites excluding steroid dienone is 1. The van der Waals surface area contributed by atoms with Crippen molar-refractivity contribution in [3.05, 3.63) is 47.1 Å². The first-order valence-corrected chi connectivity index (χ1v) is 12.1. The van der Waals surface area contributed by atoms with Gasteiger partial charge in [-0.05, 0) is 43.9 Å². The molecule has 0 aliphatic rings. The fraction of sp³-hybridized carbons (Fsp3) is 0.333. The van der Waals surface area contributed by atoms with Crippen LogP contribution in [0.2, 0.25) is 0 Å². The van der Waals surface area contributed by atoms with Gasteiger partial charge in [0.05, 0.1) is 21.3 Å². The van der Waals surface area contributed by atoms with Crippen LogP contribution in [0.15, 0.2) is 46.3 Å². The van der Waals surface area contributed by atoms with Crippen molar-refractivity contribution >= 4 is 38.8 Å². The Kier molecular flexibility index (Phi) is 8.92. The van der Waals surface area contributed by atoms with Crippen LogP contribution >= 0.6 is 11.6 Å². The molecule has 1 aromatic heterocycles. The summed E-state index contributed by atoms with van der Waals surface area (Å²) in [5.41, 5.74) is -1.23. The van der Waals surface area contributed by atoms with E-state index in [2.05, 4.69) is 10.3 Å². The molecule has 0 unspecified atom stereocenters. The lowest BCUT2D eigenvalue weighted by Crippen LogP contribution is -2.29. The Morgan fingerprint density at radius 3 is 2.50 bits per heavy atom.